The number of hydrogen-bond acceptors (Lipinski definition) is 4. The van der Waals surface area contributed by atoms with Gasteiger partial charge in [-0.15, -0.1) is 0 Å². The summed E-state index contributed by atoms with van der Waals surface area (Å²) in [4.78, 5) is 12.6. The highest BCUT2D eigenvalue weighted by Crippen LogP contribution is 2.25. The third-order valence-corrected chi connectivity index (χ3v) is 3.72. The summed E-state index contributed by atoms with van der Waals surface area (Å²) in [6.07, 6.45) is 1.06. The van der Waals surface area contributed by atoms with Crippen LogP contribution in [-0.2, 0) is 0 Å². The van der Waals surface area contributed by atoms with Crippen molar-refractivity contribution in [1.82, 2.24) is 4.90 Å². The van der Waals surface area contributed by atoms with Crippen molar-refractivity contribution in [2.75, 3.05) is 26.0 Å². The lowest BCUT2D eigenvalue weighted by atomic mass is 10.0. The van der Waals surface area contributed by atoms with E-state index in [-0.39, 0.29) is 10.6 Å². The zero-order chi connectivity index (χ0) is 15.3. The number of nitrogens with zero attached hydrogens (tertiary/aromatic N) is 2. The molecule has 0 saturated carbocycles. The van der Waals surface area contributed by atoms with Gasteiger partial charge in [-0.3, -0.25) is 10.1 Å². The summed E-state index contributed by atoms with van der Waals surface area (Å²) in [5.41, 5.74) is 1.09. The van der Waals surface area contributed by atoms with E-state index in [0.29, 0.717) is 15.5 Å². The molecule has 0 spiro atoms. The van der Waals surface area contributed by atoms with Gasteiger partial charge in [-0.1, -0.05) is 13.8 Å². The van der Waals surface area contributed by atoms with Gasteiger partial charge in [0.25, 0.3) is 5.69 Å². The number of nitro benzene ring substituents is 1. The van der Waals surface area contributed by atoms with E-state index in [2.05, 4.69) is 38.2 Å². The molecular formula is C14H22IN3O2. The molecule has 0 bridgehead atoms. The largest absolute Gasteiger partial charge is 0.381 e. The van der Waals surface area contributed by atoms with Crippen LogP contribution in [0.1, 0.15) is 20.3 Å². The first-order chi connectivity index (χ1) is 9.29. The quantitative estimate of drug-likeness (QED) is 0.439. The highest BCUT2D eigenvalue weighted by atomic mass is 127. The standard InChI is InChI=1S/C14H22IN3O2/c1-10(2)7-12(9-17(3)4)16-11-5-6-14(18(19)20)13(15)8-11/h5-6,8,10,12,16H,7,9H2,1-4H3. The molecule has 0 aromatic heterocycles. The molecule has 6 heteroatoms. The highest BCUT2D eigenvalue weighted by Gasteiger charge is 2.15. The molecule has 0 aliphatic rings. The third-order valence-electron chi connectivity index (χ3n) is 2.86. The highest BCUT2D eigenvalue weighted by molar-refractivity contribution is 14.1. The summed E-state index contributed by atoms with van der Waals surface area (Å²) >= 11 is 2.01. The van der Waals surface area contributed by atoms with E-state index in [0.717, 1.165) is 18.7 Å². The Hall–Kier alpha value is -0.890. The lowest BCUT2D eigenvalue weighted by Crippen LogP contribution is -2.33. The molecule has 1 rings (SSSR count). The van der Waals surface area contributed by atoms with E-state index < -0.39 is 0 Å². The maximum atomic E-state index is 10.8. The van der Waals surface area contributed by atoms with Crippen molar-refractivity contribution >= 4 is 34.0 Å². The fourth-order valence-corrected chi connectivity index (χ4v) is 2.88. The molecule has 5 nitrogen and oxygen atoms in total. The monoisotopic (exact) mass is 391 g/mol. The molecule has 0 aliphatic carbocycles. The molecule has 1 N–H and O–H groups in total. The topological polar surface area (TPSA) is 58.4 Å². The third kappa shape index (κ3) is 5.62. The molecule has 0 amide bonds. The van der Waals surface area contributed by atoms with Gasteiger partial charge in [0.15, 0.2) is 0 Å². The van der Waals surface area contributed by atoms with Crippen LogP contribution in [0.15, 0.2) is 18.2 Å². The maximum Gasteiger partial charge on any atom is 0.282 e. The smallest absolute Gasteiger partial charge is 0.282 e. The molecule has 112 valence electrons. The van der Waals surface area contributed by atoms with E-state index in [9.17, 15) is 10.1 Å². The van der Waals surface area contributed by atoms with Crippen LogP contribution in [0.3, 0.4) is 0 Å². The Balaban J connectivity index is 2.82. The molecule has 1 aromatic carbocycles. The van der Waals surface area contributed by atoms with Crippen LogP contribution in [0.2, 0.25) is 0 Å². The van der Waals surface area contributed by atoms with E-state index in [1.54, 1.807) is 12.1 Å². The summed E-state index contributed by atoms with van der Waals surface area (Å²) in [6.45, 7) is 5.33. The number of anilines is 1. The van der Waals surface area contributed by atoms with Crippen LogP contribution in [-0.4, -0.2) is 36.5 Å². The SMILES string of the molecule is CC(C)CC(CN(C)C)Nc1ccc([N+](=O)[O-])c(I)c1. The number of hydrogen-bond donors (Lipinski definition) is 1. The minimum absolute atomic E-state index is 0.157. The van der Waals surface area contributed by atoms with Crippen molar-refractivity contribution in [1.29, 1.82) is 0 Å². The molecule has 20 heavy (non-hydrogen) atoms. The summed E-state index contributed by atoms with van der Waals surface area (Å²) in [6, 6.07) is 5.51. The van der Waals surface area contributed by atoms with Crippen molar-refractivity contribution in [2.45, 2.75) is 26.3 Å². The van der Waals surface area contributed by atoms with Gasteiger partial charge >= 0.3 is 0 Å². The Bertz CT molecular complexity index is 454. The average molecular weight is 391 g/mol. The predicted octanol–water partition coefficient (Wildman–Crippen LogP) is 3.59. The number of rotatable bonds is 7. The summed E-state index contributed by atoms with van der Waals surface area (Å²) in [5, 5.41) is 14.3. The Kier molecular flexibility index (Phi) is 6.67. The van der Waals surface area contributed by atoms with Gasteiger partial charge < -0.3 is 10.2 Å². The summed E-state index contributed by atoms with van der Waals surface area (Å²) < 4.78 is 0.658. The van der Waals surface area contributed by atoms with Gasteiger partial charge in [0.2, 0.25) is 0 Å². The van der Waals surface area contributed by atoms with E-state index >= 15 is 0 Å². The molecule has 0 radical (unpaired) electrons. The van der Waals surface area contributed by atoms with E-state index in [4.69, 9.17) is 0 Å². The normalized spacial score (nSPS) is 12.8. The minimum Gasteiger partial charge on any atom is -0.381 e. The maximum absolute atomic E-state index is 10.8. The molecule has 1 unspecified atom stereocenters. The van der Waals surface area contributed by atoms with Crippen LogP contribution in [0, 0.1) is 19.6 Å². The number of halogens is 1. The summed E-state index contributed by atoms with van der Waals surface area (Å²) in [5.74, 6) is 0.601. The van der Waals surface area contributed by atoms with E-state index in [1.165, 1.54) is 0 Å². The first-order valence-electron chi connectivity index (χ1n) is 6.64. The number of likely N-dealkylation sites (N-methyl/N-ethyl adjacent to an activating group) is 1. The average Bonchev–Trinajstić information content (AvgIpc) is 2.26. The van der Waals surface area contributed by atoms with Crippen LogP contribution >= 0.6 is 22.6 Å². The van der Waals surface area contributed by atoms with Crippen molar-refractivity contribution < 1.29 is 4.92 Å². The van der Waals surface area contributed by atoms with Crippen molar-refractivity contribution in [2.24, 2.45) is 5.92 Å². The van der Waals surface area contributed by atoms with Crippen LogP contribution in [0.4, 0.5) is 11.4 Å². The van der Waals surface area contributed by atoms with Gasteiger partial charge in [-0.2, -0.15) is 0 Å². The Morgan fingerprint density at radius 1 is 1.40 bits per heavy atom. The Labute approximate surface area is 134 Å². The number of nitrogens with one attached hydrogen (secondary N) is 1. The molecule has 1 atom stereocenters. The molecule has 0 aliphatic heterocycles. The predicted molar refractivity (Wildman–Crippen MR) is 91.2 cm³/mol. The first kappa shape index (κ1) is 17.2. The molecule has 0 saturated heterocycles. The molecule has 0 heterocycles. The fourth-order valence-electron chi connectivity index (χ4n) is 2.17. The van der Waals surface area contributed by atoms with Crippen molar-refractivity contribution in [3.05, 3.63) is 31.9 Å². The lowest BCUT2D eigenvalue weighted by Gasteiger charge is -2.25. The lowest BCUT2D eigenvalue weighted by molar-refractivity contribution is -0.385. The van der Waals surface area contributed by atoms with Gasteiger partial charge in [0, 0.05) is 24.3 Å². The fraction of sp³-hybridized carbons (Fsp3) is 0.571. The number of nitro groups is 1. The van der Waals surface area contributed by atoms with Crippen molar-refractivity contribution in [3.8, 4) is 0 Å². The van der Waals surface area contributed by atoms with Crippen molar-refractivity contribution in [3.63, 3.8) is 0 Å². The summed E-state index contributed by atoms with van der Waals surface area (Å²) in [7, 11) is 4.10. The molecule has 1 aromatic rings. The van der Waals surface area contributed by atoms with Crippen LogP contribution < -0.4 is 5.32 Å². The molecule has 0 fully saturated rings. The van der Waals surface area contributed by atoms with Crippen LogP contribution in [0.5, 0.6) is 0 Å². The number of benzene rings is 1. The second-order valence-electron chi connectivity index (χ2n) is 5.66. The van der Waals surface area contributed by atoms with E-state index in [1.807, 2.05) is 28.7 Å². The van der Waals surface area contributed by atoms with Gasteiger partial charge in [-0.05, 0) is 61.2 Å². The first-order valence-corrected chi connectivity index (χ1v) is 7.72. The van der Waals surface area contributed by atoms with Crippen LogP contribution in [0.25, 0.3) is 0 Å². The van der Waals surface area contributed by atoms with Gasteiger partial charge in [0.1, 0.15) is 0 Å². The zero-order valence-corrected chi connectivity index (χ0v) is 14.5. The molecular weight excluding hydrogens is 369 g/mol. The second kappa shape index (κ2) is 7.78. The van der Waals surface area contributed by atoms with Gasteiger partial charge in [0.05, 0.1) is 8.49 Å². The Morgan fingerprint density at radius 2 is 2.05 bits per heavy atom. The minimum atomic E-state index is -0.350. The zero-order valence-electron chi connectivity index (χ0n) is 12.4. The Morgan fingerprint density at radius 3 is 2.50 bits per heavy atom. The second-order valence-corrected chi connectivity index (χ2v) is 6.82. The van der Waals surface area contributed by atoms with Gasteiger partial charge in [-0.25, -0.2) is 0 Å².